The molecule has 1 unspecified atom stereocenters. The van der Waals surface area contributed by atoms with Crippen LogP contribution in [0.15, 0.2) is 24.3 Å². The van der Waals surface area contributed by atoms with Crippen LogP contribution in [0.2, 0.25) is 5.02 Å². The summed E-state index contributed by atoms with van der Waals surface area (Å²) in [6, 6.07) is 8.01. The minimum absolute atomic E-state index is 0.201. The lowest BCUT2D eigenvalue weighted by Crippen LogP contribution is -2.30. The normalized spacial score (nSPS) is 12.8. The summed E-state index contributed by atoms with van der Waals surface area (Å²) in [6.07, 6.45) is 0. The van der Waals surface area contributed by atoms with Gasteiger partial charge in [0.25, 0.3) is 0 Å². The van der Waals surface area contributed by atoms with Gasteiger partial charge in [-0.2, -0.15) is 0 Å². The van der Waals surface area contributed by atoms with Gasteiger partial charge in [0.15, 0.2) is 0 Å². The van der Waals surface area contributed by atoms with Gasteiger partial charge in [0.1, 0.15) is 0 Å². The zero-order valence-corrected chi connectivity index (χ0v) is 8.51. The molecule has 2 nitrogen and oxygen atoms in total. The van der Waals surface area contributed by atoms with Crippen molar-refractivity contribution < 1.29 is 0 Å². The average Bonchev–Trinajstić information content (AvgIpc) is 2.08. The summed E-state index contributed by atoms with van der Waals surface area (Å²) in [5.41, 5.74) is 6.82. The Hall–Kier alpha value is -0.570. The summed E-state index contributed by atoms with van der Waals surface area (Å²) in [6.45, 7) is 3.66. The van der Waals surface area contributed by atoms with E-state index in [1.165, 1.54) is 5.56 Å². The van der Waals surface area contributed by atoms with E-state index in [9.17, 15) is 0 Å². The lowest BCUT2D eigenvalue weighted by atomic mass is 10.2. The van der Waals surface area contributed by atoms with Crippen molar-refractivity contribution >= 4 is 11.6 Å². The van der Waals surface area contributed by atoms with E-state index in [-0.39, 0.29) is 6.04 Å². The summed E-state index contributed by atoms with van der Waals surface area (Å²) in [7, 11) is 0. The Bertz CT molecular complexity index is 244. The molecule has 0 saturated carbocycles. The maximum absolute atomic E-state index is 5.76. The summed E-state index contributed by atoms with van der Waals surface area (Å²) in [5, 5.41) is 4.03. The molecule has 0 amide bonds. The molecule has 0 aliphatic carbocycles. The van der Waals surface area contributed by atoms with Gasteiger partial charge in [-0.05, 0) is 24.6 Å². The molecule has 0 aliphatic rings. The van der Waals surface area contributed by atoms with Crippen LogP contribution in [0.3, 0.4) is 0 Å². The zero-order chi connectivity index (χ0) is 9.68. The zero-order valence-electron chi connectivity index (χ0n) is 7.76. The number of rotatable bonds is 4. The topological polar surface area (TPSA) is 38.0 Å². The third-order valence-electron chi connectivity index (χ3n) is 1.71. The monoisotopic (exact) mass is 198 g/mol. The van der Waals surface area contributed by atoms with Gasteiger partial charge < -0.3 is 11.1 Å². The Balaban J connectivity index is 2.33. The standard InChI is InChI=1S/C10H15ClN2/c1-8(12)6-13-7-9-2-4-10(11)5-3-9/h2-5,8,13H,6-7,12H2,1H3. The van der Waals surface area contributed by atoms with Crippen LogP contribution < -0.4 is 11.1 Å². The fraction of sp³-hybridized carbons (Fsp3) is 0.400. The number of benzene rings is 1. The van der Waals surface area contributed by atoms with Crippen molar-refractivity contribution in [3.63, 3.8) is 0 Å². The summed E-state index contributed by atoms with van der Waals surface area (Å²) in [5.74, 6) is 0. The van der Waals surface area contributed by atoms with Gasteiger partial charge in [-0.15, -0.1) is 0 Å². The van der Waals surface area contributed by atoms with Gasteiger partial charge >= 0.3 is 0 Å². The molecule has 3 heteroatoms. The molecule has 0 radical (unpaired) electrons. The molecule has 0 bridgehead atoms. The molecule has 0 heterocycles. The van der Waals surface area contributed by atoms with Crippen LogP contribution in [0.1, 0.15) is 12.5 Å². The highest BCUT2D eigenvalue weighted by molar-refractivity contribution is 6.30. The van der Waals surface area contributed by atoms with Crippen molar-refractivity contribution in [1.29, 1.82) is 0 Å². The molecule has 13 heavy (non-hydrogen) atoms. The summed E-state index contributed by atoms with van der Waals surface area (Å²) < 4.78 is 0. The maximum atomic E-state index is 5.76. The predicted octanol–water partition coefficient (Wildman–Crippen LogP) is 1.78. The van der Waals surface area contributed by atoms with Crippen LogP contribution in [0.5, 0.6) is 0 Å². The quantitative estimate of drug-likeness (QED) is 0.774. The van der Waals surface area contributed by atoms with Gasteiger partial charge in [0, 0.05) is 24.2 Å². The van der Waals surface area contributed by atoms with E-state index in [2.05, 4.69) is 5.32 Å². The highest BCUT2D eigenvalue weighted by atomic mass is 35.5. The molecule has 0 aromatic heterocycles. The fourth-order valence-electron chi connectivity index (χ4n) is 1.05. The largest absolute Gasteiger partial charge is 0.327 e. The van der Waals surface area contributed by atoms with Gasteiger partial charge in [0.2, 0.25) is 0 Å². The van der Waals surface area contributed by atoms with Gasteiger partial charge in [0.05, 0.1) is 0 Å². The van der Waals surface area contributed by atoms with Crippen molar-refractivity contribution in [3.05, 3.63) is 34.9 Å². The second-order valence-corrected chi connectivity index (χ2v) is 3.67. The smallest absolute Gasteiger partial charge is 0.0406 e. The third kappa shape index (κ3) is 4.27. The van der Waals surface area contributed by atoms with E-state index < -0.39 is 0 Å². The highest BCUT2D eigenvalue weighted by Gasteiger charge is 1.94. The fourth-order valence-corrected chi connectivity index (χ4v) is 1.17. The molecule has 0 saturated heterocycles. The molecule has 3 N–H and O–H groups in total. The number of hydrogen-bond donors (Lipinski definition) is 2. The number of nitrogens with two attached hydrogens (primary N) is 1. The first kappa shape index (κ1) is 10.5. The van der Waals surface area contributed by atoms with Crippen LogP contribution in [0.4, 0.5) is 0 Å². The third-order valence-corrected chi connectivity index (χ3v) is 1.96. The van der Waals surface area contributed by atoms with Crippen LogP contribution in [0, 0.1) is 0 Å². The molecule has 0 spiro atoms. The minimum atomic E-state index is 0.201. The SMILES string of the molecule is CC(N)CNCc1ccc(Cl)cc1. The Morgan fingerprint density at radius 1 is 1.38 bits per heavy atom. The highest BCUT2D eigenvalue weighted by Crippen LogP contribution is 2.08. The van der Waals surface area contributed by atoms with E-state index in [0.717, 1.165) is 18.1 Å². The van der Waals surface area contributed by atoms with Crippen molar-refractivity contribution in [3.8, 4) is 0 Å². The molecule has 1 rings (SSSR count). The van der Waals surface area contributed by atoms with Crippen molar-refractivity contribution in [2.75, 3.05) is 6.54 Å². The molecule has 0 aliphatic heterocycles. The first-order valence-corrected chi connectivity index (χ1v) is 4.77. The Morgan fingerprint density at radius 2 is 2.00 bits per heavy atom. The number of nitrogens with one attached hydrogen (secondary N) is 1. The van der Waals surface area contributed by atoms with Crippen LogP contribution >= 0.6 is 11.6 Å². The van der Waals surface area contributed by atoms with Crippen molar-refractivity contribution in [2.45, 2.75) is 19.5 Å². The number of hydrogen-bond acceptors (Lipinski definition) is 2. The maximum Gasteiger partial charge on any atom is 0.0406 e. The first-order chi connectivity index (χ1) is 6.18. The van der Waals surface area contributed by atoms with Crippen LogP contribution in [-0.2, 0) is 6.54 Å². The van der Waals surface area contributed by atoms with Crippen molar-refractivity contribution in [2.24, 2.45) is 5.73 Å². The second kappa shape index (κ2) is 5.22. The van der Waals surface area contributed by atoms with Crippen LogP contribution in [-0.4, -0.2) is 12.6 Å². The van der Waals surface area contributed by atoms with E-state index in [1.54, 1.807) is 0 Å². The second-order valence-electron chi connectivity index (χ2n) is 3.23. The molecule has 1 atom stereocenters. The van der Waals surface area contributed by atoms with Gasteiger partial charge in [-0.1, -0.05) is 23.7 Å². The predicted molar refractivity (Wildman–Crippen MR) is 56.8 cm³/mol. The minimum Gasteiger partial charge on any atom is -0.327 e. The van der Waals surface area contributed by atoms with E-state index >= 15 is 0 Å². The number of halogens is 1. The lowest BCUT2D eigenvalue weighted by Gasteiger charge is -2.07. The molecule has 72 valence electrons. The van der Waals surface area contributed by atoms with Crippen molar-refractivity contribution in [1.82, 2.24) is 5.32 Å². The van der Waals surface area contributed by atoms with E-state index in [0.29, 0.717) is 0 Å². The molecular weight excluding hydrogens is 184 g/mol. The van der Waals surface area contributed by atoms with E-state index in [1.807, 2.05) is 31.2 Å². The lowest BCUT2D eigenvalue weighted by molar-refractivity contribution is 0.608. The van der Waals surface area contributed by atoms with E-state index in [4.69, 9.17) is 17.3 Å². The summed E-state index contributed by atoms with van der Waals surface area (Å²) >= 11 is 5.76. The summed E-state index contributed by atoms with van der Waals surface area (Å²) in [4.78, 5) is 0. The van der Waals surface area contributed by atoms with Gasteiger partial charge in [-0.3, -0.25) is 0 Å². The molecule has 0 fully saturated rings. The average molecular weight is 199 g/mol. The molecular formula is C10H15ClN2. The Labute approximate surface area is 84.1 Å². The Kier molecular flexibility index (Phi) is 4.22. The molecule has 1 aromatic rings. The first-order valence-electron chi connectivity index (χ1n) is 4.39. The van der Waals surface area contributed by atoms with Gasteiger partial charge in [-0.25, -0.2) is 0 Å². The Morgan fingerprint density at radius 3 is 2.54 bits per heavy atom. The van der Waals surface area contributed by atoms with Crippen LogP contribution in [0.25, 0.3) is 0 Å². The molecule has 1 aromatic carbocycles.